The van der Waals surface area contributed by atoms with Crippen LogP contribution in [0.5, 0.6) is 11.5 Å². The van der Waals surface area contributed by atoms with Crippen LogP contribution in [0.3, 0.4) is 0 Å². The van der Waals surface area contributed by atoms with Crippen LogP contribution in [-0.2, 0) is 0 Å². The maximum Gasteiger partial charge on any atom is 0.127 e. The summed E-state index contributed by atoms with van der Waals surface area (Å²) in [6.45, 7) is 0. The smallest absolute Gasteiger partial charge is 0.127 e. The summed E-state index contributed by atoms with van der Waals surface area (Å²) in [6.07, 6.45) is 0. The lowest BCUT2D eigenvalue weighted by molar-refractivity contribution is 0.420. The number of halogens is 2. The third-order valence-electron chi connectivity index (χ3n) is 5.38. The Balaban J connectivity index is 2.19. The molecule has 0 fully saturated rings. The van der Waals surface area contributed by atoms with Gasteiger partial charge in [-0.3, -0.25) is 0 Å². The molecule has 0 radical (unpaired) electrons. The van der Waals surface area contributed by atoms with Crippen molar-refractivity contribution in [2.75, 3.05) is 14.2 Å². The number of hydrogen-bond donors (Lipinski definition) is 0. The molecule has 0 heterocycles. The molecule has 138 valence electrons. The van der Waals surface area contributed by atoms with Crippen molar-refractivity contribution < 1.29 is 9.47 Å². The third-order valence-corrected chi connectivity index (χ3v) is 6.76. The Bertz CT molecular complexity index is 1300. The average Bonchev–Trinajstić information content (AvgIpc) is 2.73. The first-order chi connectivity index (χ1) is 13.6. The highest BCUT2D eigenvalue weighted by molar-refractivity contribution is 9.11. The molecule has 0 aliphatic carbocycles. The highest BCUT2D eigenvalue weighted by Crippen LogP contribution is 2.45. The molecule has 4 heteroatoms. The van der Waals surface area contributed by atoms with E-state index in [1.807, 2.05) is 24.3 Å². The monoisotopic (exact) mass is 494 g/mol. The molecule has 2 nitrogen and oxygen atoms in total. The number of hydrogen-bond acceptors (Lipinski definition) is 2. The van der Waals surface area contributed by atoms with Gasteiger partial charge < -0.3 is 9.47 Å². The Morgan fingerprint density at radius 1 is 0.500 bits per heavy atom. The number of benzene rings is 5. The van der Waals surface area contributed by atoms with Crippen molar-refractivity contribution in [3.05, 3.63) is 69.6 Å². The normalized spacial score (nSPS) is 11.6. The largest absolute Gasteiger partial charge is 0.496 e. The first-order valence-electron chi connectivity index (χ1n) is 8.91. The van der Waals surface area contributed by atoms with E-state index in [2.05, 4.69) is 68.3 Å². The fraction of sp³-hybridized carbons (Fsp3) is 0.0833. The maximum absolute atomic E-state index is 5.77. The highest BCUT2D eigenvalue weighted by Gasteiger charge is 2.16. The summed E-state index contributed by atoms with van der Waals surface area (Å²) in [5.41, 5.74) is 0. The molecule has 0 saturated heterocycles. The van der Waals surface area contributed by atoms with Gasteiger partial charge in [0.15, 0.2) is 0 Å². The summed E-state index contributed by atoms with van der Waals surface area (Å²) in [5.74, 6) is 1.73. The van der Waals surface area contributed by atoms with E-state index >= 15 is 0 Å². The summed E-state index contributed by atoms with van der Waals surface area (Å²) in [5, 5.41) is 9.17. The molecule has 0 N–H and O–H groups in total. The summed E-state index contributed by atoms with van der Waals surface area (Å²) in [4.78, 5) is 0. The molecule has 5 aromatic rings. The van der Waals surface area contributed by atoms with E-state index in [-0.39, 0.29) is 0 Å². The molecule has 0 bridgehead atoms. The lowest BCUT2D eigenvalue weighted by Gasteiger charge is -2.16. The number of rotatable bonds is 2. The van der Waals surface area contributed by atoms with Crippen molar-refractivity contribution in [2.45, 2.75) is 0 Å². The SMILES string of the molecule is COc1ccc(Br)c2ccc3ccc4ccc5c(Br)ccc(OC)c5c4c3c12. The van der Waals surface area contributed by atoms with Gasteiger partial charge in [-0.1, -0.05) is 68.3 Å². The molecule has 28 heavy (non-hydrogen) atoms. The number of methoxy groups -OCH3 is 2. The van der Waals surface area contributed by atoms with Crippen molar-refractivity contribution in [3.63, 3.8) is 0 Å². The van der Waals surface area contributed by atoms with Crippen molar-refractivity contribution in [1.29, 1.82) is 0 Å². The number of fused-ring (bicyclic) bond motifs is 7. The van der Waals surface area contributed by atoms with Crippen LogP contribution in [0.2, 0.25) is 0 Å². The second-order valence-corrected chi connectivity index (χ2v) is 8.45. The van der Waals surface area contributed by atoms with Crippen LogP contribution < -0.4 is 9.47 Å². The zero-order chi connectivity index (χ0) is 19.4. The minimum absolute atomic E-state index is 0.863. The molecule has 0 unspecified atom stereocenters. The first kappa shape index (κ1) is 17.8. The minimum atomic E-state index is 0.863. The van der Waals surface area contributed by atoms with Crippen LogP contribution in [0.4, 0.5) is 0 Å². The first-order valence-corrected chi connectivity index (χ1v) is 10.5. The quantitative estimate of drug-likeness (QED) is 0.232. The summed E-state index contributed by atoms with van der Waals surface area (Å²) in [6, 6.07) is 21.1. The van der Waals surface area contributed by atoms with Gasteiger partial charge in [-0.25, -0.2) is 0 Å². The zero-order valence-electron chi connectivity index (χ0n) is 15.3. The van der Waals surface area contributed by atoms with Crippen LogP contribution in [0.15, 0.2) is 69.6 Å². The molecule has 5 rings (SSSR count). The Labute approximate surface area is 179 Å². The van der Waals surface area contributed by atoms with Gasteiger partial charge in [0.1, 0.15) is 11.5 Å². The molecule has 5 aromatic carbocycles. The van der Waals surface area contributed by atoms with E-state index in [0.29, 0.717) is 0 Å². The second kappa shape index (κ2) is 6.64. The fourth-order valence-electron chi connectivity index (χ4n) is 4.13. The molecule has 0 saturated carbocycles. The van der Waals surface area contributed by atoms with Crippen molar-refractivity contribution in [2.24, 2.45) is 0 Å². The second-order valence-electron chi connectivity index (χ2n) is 6.74. The predicted octanol–water partition coefficient (Wildman–Crippen LogP) is 7.84. The van der Waals surface area contributed by atoms with Crippen LogP contribution in [0, 0.1) is 0 Å². The predicted molar refractivity (Wildman–Crippen MR) is 125 cm³/mol. The van der Waals surface area contributed by atoms with Gasteiger partial charge in [-0.15, -0.1) is 0 Å². The Kier molecular flexibility index (Phi) is 4.22. The van der Waals surface area contributed by atoms with E-state index in [4.69, 9.17) is 9.47 Å². The number of ether oxygens (including phenoxy) is 2. The van der Waals surface area contributed by atoms with Crippen molar-refractivity contribution >= 4 is 74.9 Å². The summed E-state index contributed by atoms with van der Waals surface area (Å²) >= 11 is 7.42. The molecular formula is C24H16Br2O2. The van der Waals surface area contributed by atoms with E-state index in [1.165, 1.54) is 21.5 Å². The maximum atomic E-state index is 5.77. The molecular weight excluding hydrogens is 480 g/mol. The lowest BCUT2D eigenvalue weighted by Crippen LogP contribution is -1.91. The highest BCUT2D eigenvalue weighted by atomic mass is 79.9. The van der Waals surface area contributed by atoms with E-state index < -0.39 is 0 Å². The van der Waals surface area contributed by atoms with E-state index in [1.54, 1.807) is 14.2 Å². The van der Waals surface area contributed by atoms with Crippen molar-refractivity contribution in [3.8, 4) is 11.5 Å². The third kappa shape index (κ3) is 2.44. The Morgan fingerprint density at radius 2 is 0.893 bits per heavy atom. The van der Waals surface area contributed by atoms with Gasteiger partial charge in [0.2, 0.25) is 0 Å². The topological polar surface area (TPSA) is 18.5 Å². The average molecular weight is 496 g/mol. The molecule has 0 aliphatic heterocycles. The fourth-order valence-corrected chi connectivity index (χ4v) is 5.05. The van der Waals surface area contributed by atoms with Gasteiger partial charge in [0, 0.05) is 41.3 Å². The minimum Gasteiger partial charge on any atom is -0.496 e. The molecule has 0 atom stereocenters. The molecule has 0 spiro atoms. The van der Waals surface area contributed by atoms with Gasteiger partial charge >= 0.3 is 0 Å². The van der Waals surface area contributed by atoms with Crippen molar-refractivity contribution in [1.82, 2.24) is 0 Å². The lowest BCUT2D eigenvalue weighted by atomic mass is 9.92. The molecule has 0 aromatic heterocycles. The van der Waals surface area contributed by atoms with E-state index in [9.17, 15) is 0 Å². The van der Waals surface area contributed by atoms with Gasteiger partial charge in [-0.05, 0) is 35.0 Å². The Morgan fingerprint density at radius 3 is 1.29 bits per heavy atom. The van der Waals surface area contributed by atoms with Gasteiger partial charge in [0.25, 0.3) is 0 Å². The van der Waals surface area contributed by atoms with Crippen LogP contribution in [-0.4, -0.2) is 14.2 Å². The van der Waals surface area contributed by atoms with Crippen LogP contribution in [0.25, 0.3) is 43.1 Å². The van der Waals surface area contributed by atoms with Gasteiger partial charge in [0.05, 0.1) is 14.2 Å². The van der Waals surface area contributed by atoms with Crippen LogP contribution in [0.1, 0.15) is 0 Å². The zero-order valence-corrected chi connectivity index (χ0v) is 18.5. The molecule has 0 amide bonds. The summed E-state index contributed by atoms with van der Waals surface area (Å²) in [7, 11) is 3.45. The standard InChI is InChI=1S/C24H16Br2O2/c1-27-19-11-9-17(25)15-7-5-13-3-4-14-6-8-16-18(26)10-12-20(28-2)24(16)22(14)21(13)23(15)19/h3-12H,1-2H3. The van der Waals surface area contributed by atoms with Gasteiger partial charge in [-0.2, -0.15) is 0 Å². The molecule has 0 aliphatic rings. The summed E-state index contributed by atoms with van der Waals surface area (Å²) < 4.78 is 13.6. The van der Waals surface area contributed by atoms with Crippen LogP contribution >= 0.6 is 31.9 Å². The Hall–Kier alpha value is -2.30. The van der Waals surface area contributed by atoms with E-state index in [0.717, 1.165) is 42.0 Å².